The second kappa shape index (κ2) is 7.62. The number of sulfonamides is 1. The molecule has 2 aromatic heterocycles. The topological polar surface area (TPSA) is 109 Å². The summed E-state index contributed by atoms with van der Waals surface area (Å²) in [5.74, 6) is 0.187. The fourth-order valence-corrected chi connectivity index (χ4v) is 3.88. The van der Waals surface area contributed by atoms with Crippen LogP contribution in [0.5, 0.6) is 0 Å². The van der Waals surface area contributed by atoms with Gasteiger partial charge in [-0.05, 0) is 18.2 Å². The van der Waals surface area contributed by atoms with Crippen LogP contribution in [0.25, 0.3) is 0 Å². The Labute approximate surface area is 145 Å². The van der Waals surface area contributed by atoms with E-state index in [0.717, 1.165) is 0 Å². The van der Waals surface area contributed by atoms with Crippen molar-refractivity contribution in [2.24, 2.45) is 0 Å². The summed E-state index contributed by atoms with van der Waals surface area (Å²) in [4.78, 5) is 22.0. The quantitative estimate of drug-likeness (QED) is 0.764. The monoisotopic (exact) mass is 365 g/mol. The summed E-state index contributed by atoms with van der Waals surface area (Å²) < 4.78 is 31.2. The number of furan rings is 1. The highest BCUT2D eigenvalue weighted by atomic mass is 32.2. The minimum absolute atomic E-state index is 0.0316. The molecule has 0 atom stereocenters. The molecule has 0 saturated carbocycles. The predicted molar refractivity (Wildman–Crippen MR) is 90.6 cm³/mol. The van der Waals surface area contributed by atoms with Crippen LogP contribution in [0.1, 0.15) is 10.6 Å². The van der Waals surface area contributed by atoms with E-state index in [1.807, 2.05) is 4.90 Å². The van der Waals surface area contributed by atoms with Crippen molar-refractivity contribution in [3.63, 3.8) is 0 Å². The lowest BCUT2D eigenvalue weighted by Crippen LogP contribution is -2.50. The fourth-order valence-electron chi connectivity index (χ4n) is 2.54. The molecule has 1 amide bonds. The lowest BCUT2D eigenvalue weighted by molar-refractivity contribution is 0.0928. The van der Waals surface area contributed by atoms with Crippen molar-refractivity contribution >= 4 is 21.9 Å². The first-order valence-corrected chi connectivity index (χ1v) is 9.49. The normalized spacial score (nSPS) is 15.9. The van der Waals surface area contributed by atoms with Crippen LogP contribution in [0, 0.1) is 0 Å². The molecule has 1 aliphatic rings. The molecule has 1 aliphatic heterocycles. The molecule has 1 N–H and O–H groups in total. The molecule has 9 nitrogen and oxygen atoms in total. The van der Waals surface area contributed by atoms with Crippen LogP contribution in [0.3, 0.4) is 0 Å². The van der Waals surface area contributed by atoms with Crippen LogP contribution >= 0.6 is 0 Å². The van der Waals surface area contributed by atoms with Gasteiger partial charge in [0.25, 0.3) is 5.91 Å². The number of rotatable bonds is 6. The molecule has 0 radical (unpaired) electrons. The van der Waals surface area contributed by atoms with Crippen LogP contribution in [0.2, 0.25) is 0 Å². The molecule has 0 spiro atoms. The first kappa shape index (κ1) is 17.4. The maximum Gasteiger partial charge on any atom is 0.287 e. The van der Waals surface area contributed by atoms with E-state index < -0.39 is 15.9 Å². The average Bonchev–Trinajstić information content (AvgIpc) is 3.17. The Morgan fingerprint density at radius 2 is 1.88 bits per heavy atom. The maximum absolute atomic E-state index is 12.4. The van der Waals surface area contributed by atoms with E-state index in [2.05, 4.69) is 15.3 Å². The third-order valence-corrected chi connectivity index (χ3v) is 5.73. The van der Waals surface area contributed by atoms with Gasteiger partial charge in [-0.15, -0.1) is 0 Å². The van der Waals surface area contributed by atoms with E-state index in [4.69, 9.17) is 4.42 Å². The van der Waals surface area contributed by atoms with E-state index in [9.17, 15) is 13.2 Å². The Hall–Kier alpha value is -2.46. The molecule has 0 bridgehead atoms. The first-order valence-electron chi connectivity index (χ1n) is 7.88. The number of anilines is 1. The molecule has 0 aromatic carbocycles. The van der Waals surface area contributed by atoms with Gasteiger partial charge >= 0.3 is 0 Å². The number of hydrogen-bond donors (Lipinski definition) is 1. The molecule has 0 aliphatic carbocycles. The molecule has 10 heteroatoms. The standard InChI is InChI=1S/C15H19N5O4S/c21-14(13-3-1-11-24-13)16-6-12-25(22,23)20-9-7-19(8-10-20)15-17-4-2-5-18-15/h1-5,11H,6-10,12H2,(H,16,21). The fraction of sp³-hybridized carbons (Fsp3) is 0.400. The number of carbonyl (C=O) groups is 1. The minimum Gasteiger partial charge on any atom is -0.459 e. The van der Waals surface area contributed by atoms with Gasteiger partial charge in [0.15, 0.2) is 5.76 Å². The zero-order valence-electron chi connectivity index (χ0n) is 13.5. The number of hydrogen-bond acceptors (Lipinski definition) is 7. The molecular weight excluding hydrogens is 346 g/mol. The third kappa shape index (κ3) is 4.34. The lowest BCUT2D eigenvalue weighted by atomic mass is 10.4. The van der Waals surface area contributed by atoms with Crippen molar-refractivity contribution in [2.45, 2.75) is 0 Å². The number of amides is 1. The summed E-state index contributed by atoms with van der Waals surface area (Å²) in [5, 5.41) is 2.55. The van der Waals surface area contributed by atoms with E-state index in [-0.39, 0.29) is 18.1 Å². The average molecular weight is 365 g/mol. The van der Waals surface area contributed by atoms with Crippen LogP contribution in [-0.2, 0) is 10.0 Å². The zero-order valence-corrected chi connectivity index (χ0v) is 14.4. The van der Waals surface area contributed by atoms with Crippen LogP contribution in [0.15, 0.2) is 41.3 Å². The number of carbonyl (C=O) groups excluding carboxylic acids is 1. The van der Waals surface area contributed by atoms with Gasteiger partial charge < -0.3 is 14.6 Å². The van der Waals surface area contributed by atoms with Crippen molar-refractivity contribution in [1.29, 1.82) is 0 Å². The highest BCUT2D eigenvalue weighted by Crippen LogP contribution is 2.12. The molecule has 1 saturated heterocycles. The number of nitrogens with one attached hydrogen (secondary N) is 1. The molecule has 1 fully saturated rings. The van der Waals surface area contributed by atoms with E-state index in [1.165, 1.54) is 16.6 Å². The van der Waals surface area contributed by atoms with Gasteiger partial charge in [-0.1, -0.05) is 0 Å². The summed E-state index contributed by atoms with van der Waals surface area (Å²) in [6, 6.07) is 4.86. The Morgan fingerprint density at radius 3 is 2.52 bits per heavy atom. The Bertz CT molecular complexity index is 787. The van der Waals surface area contributed by atoms with Gasteiger partial charge in [-0.2, -0.15) is 4.31 Å². The highest BCUT2D eigenvalue weighted by molar-refractivity contribution is 7.89. The first-order chi connectivity index (χ1) is 12.1. The Kier molecular flexibility index (Phi) is 5.29. The van der Waals surface area contributed by atoms with Crippen molar-refractivity contribution < 1.29 is 17.6 Å². The van der Waals surface area contributed by atoms with Crippen molar-refractivity contribution in [2.75, 3.05) is 43.4 Å². The van der Waals surface area contributed by atoms with Gasteiger partial charge in [0.1, 0.15) is 0 Å². The van der Waals surface area contributed by atoms with Gasteiger partial charge in [0, 0.05) is 45.1 Å². The molecule has 0 unspecified atom stereocenters. The van der Waals surface area contributed by atoms with Gasteiger partial charge in [0.2, 0.25) is 16.0 Å². The lowest BCUT2D eigenvalue weighted by Gasteiger charge is -2.33. The minimum atomic E-state index is -3.43. The Morgan fingerprint density at radius 1 is 1.16 bits per heavy atom. The molecule has 134 valence electrons. The van der Waals surface area contributed by atoms with Gasteiger partial charge in [-0.25, -0.2) is 18.4 Å². The second-order valence-electron chi connectivity index (χ2n) is 5.48. The number of piperazine rings is 1. The third-order valence-electron chi connectivity index (χ3n) is 3.86. The molecule has 25 heavy (non-hydrogen) atoms. The summed E-state index contributed by atoms with van der Waals surface area (Å²) in [7, 11) is -3.43. The SMILES string of the molecule is O=C(NCCS(=O)(=O)N1CCN(c2ncccn2)CC1)c1ccco1. The van der Waals surface area contributed by atoms with Crippen LogP contribution < -0.4 is 10.2 Å². The smallest absolute Gasteiger partial charge is 0.287 e. The van der Waals surface area contributed by atoms with Crippen molar-refractivity contribution in [3.05, 3.63) is 42.6 Å². The second-order valence-corrected chi connectivity index (χ2v) is 7.57. The number of aromatic nitrogens is 2. The molecular formula is C15H19N5O4S. The van der Waals surface area contributed by atoms with Gasteiger partial charge in [0.05, 0.1) is 12.0 Å². The molecule has 3 rings (SSSR count). The van der Waals surface area contributed by atoms with E-state index in [1.54, 1.807) is 24.5 Å². The Balaban J connectivity index is 1.47. The predicted octanol–water partition coefficient (Wildman–Crippen LogP) is -0.0486. The zero-order chi connectivity index (χ0) is 17.7. The van der Waals surface area contributed by atoms with Crippen molar-refractivity contribution in [1.82, 2.24) is 19.6 Å². The van der Waals surface area contributed by atoms with E-state index >= 15 is 0 Å². The van der Waals surface area contributed by atoms with Gasteiger partial charge in [-0.3, -0.25) is 4.79 Å². The summed E-state index contributed by atoms with van der Waals surface area (Å²) in [6.45, 7) is 1.83. The summed E-state index contributed by atoms with van der Waals surface area (Å²) >= 11 is 0. The molecule has 3 heterocycles. The largest absolute Gasteiger partial charge is 0.459 e. The molecule has 2 aromatic rings. The van der Waals surface area contributed by atoms with Crippen LogP contribution in [0.4, 0.5) is 5.95 Å². The highest BCUT2D eigenvalue weighted by Gasteiger charge is 2.27. The van der Waals surface area contributed by atoms with Crippen molar-refractivity contribution in [3.8, 4) is 0 Å². The maximum atomic E-state index is 12.4. The summed E-state index contributed by atoms with van der Waals surface area (Å²) in [5.41, 5.74) is 0. The van der Waals surface area contributed by atoms with E-state index in [0.29, 0.717) is 32.1 Å². The van der Waals surface area contributed by atoms with Crippen LogP contribution in [-0.4, -0.2) is 67.1 Å². The number of nitrogens with zero attached hydrogens (tertiary/aromatic N) is 4. The summed E-state index contributed by atoms with van der Waals surface area (Å²) in [6.07, 6.45) is 4.71.